The quantitative estimate of drug-likeness (QED) is 0.792. The third-order valence-corrected chi connectivity index (χ3v) is 3.38. The molecule has 4 heteroatoms. The van der Waals surface area contributed by atoms with Gasteiger partial charge in [0.2, 0.25) is 0 Å². The van der Waals surface area contributed by atoms with E-state index in [0.29, 0.717) is 0 Å². The zero-order valence-electron chi connectivity index (χ0n) is 10.6. The summed E-state index contributed by atoms with van der Waals surface area (Å²) in [7, 11) is 1.34. The van der Waals surface area contributed by atoms with Gasteiger partial charge in [0.25, 0.3) is 0 Å². The van der Waals surface area contributed by atoms with Crippen LogP contribution in [0.2, 0.25) is 0 Å². The lowest BCUT2D eigenvalue weighted by atomic mass is 9.91. The number of likely N-dealkylation sites (tertiary alicyclic amines) is 1. The van der Waals surface area contributed by atoms with E-state index in [4.69, 9.17) is 0 Å². The summed E-state index contributed by atoms with van der Waals surface area (Å²) in [6.07, 6.45) is -0.482. The summed E-state index contributed by atoms with van der Waals surface area (Å²) < 4.78 is 4.55. The molecule has 0 aromatic heterocycles. The first-order chi connectivity index (χ1) is 8.69. The molecule has 1 aliphatic rings. The molecule has 1 fully saturated rings. The van der Waals surface area contributed by atoms with Crippen LogP contribution in [0, 0.1) is 5.92 Å². The highest BCUT2D eigenvalue weighted by Gasteiger charge is 2.33. The zero-order chi connectivity index (χ0) is 13.0. The van der Waals surface area contributed by atoms with E-state index in [1.54, 1.807) is 0 Å². The Kier molecular flexibility index (Phi) is 4.33. The number of benzene rings is 1. The second-order valence-electron chi connectivity index (χ2n) is 4.79. The highest BCUT2D eigenvalue weighted by atomic mass is 16.5. The number of carbonyl (C=O) groups excluding carboxylic acids is 1. The molecule has 1 aromatic rings. The second kappa shape index (κ2) is 5.98. The van der Waals surface area contributed by atoms with Gasteiger partial charge in [0.1, 0.15) is 0 Å². The van der Waals surface area contributed by atoms with Gasteiger partial charge in [0.05, 0.1) is 19.6 Å². The van der Waals surface area contributed by atoms with Gasteiger partial charge in [-0.15, -0.1) is 0 Å². The summed E-state index contributed by atoms with van der Waals surface area (Å²) in [5.41, 5.74) is 1.28. The van der Waals surface area contributed by atoms with Crippen LogP contribution in [0.3, 0.4) is 0 Å². The lowest BCUT2D eigenvalue weighted by Gasteiger charge is -2.41. The molecule has 1 atom stereocenters. The van der Waals surface area contributed by atoms with Crippen molar-refractivity contribution in [2.45, 2.75) is 19.1 Å². The molecule has 1 N–H and O–H groups in total. The van der Waals surface area contributed by atoms with E-state index in [0.717, 1.165) is 19.6 Å². The Morgan fingerprint density at radius 1 is 1.44 bits per heavy atom. The van der Waals surface area contributed by atoms with Crippen LogP contribution in [0.25, 0.3) is 0 Å². The maximum absolute atomic E-state index is 11.0. The predicted octanol–water partition coefficient (Wildman–Crippen LogP) is 1.04. The van der Waals surface area contributed by atoms with Crippen molar-refractivity contribution in [3.8, 4) is 0 Å². The van der Waals surface area contributed by atoms with Gasteiger partial charge in [-0.3, -0.25) is 9.69 Å². The lowest BCUT2D eigenvalue weighted by Crippen LogP contribution is -2.51. The van der Waals surface area contributed by atoms with Crippen molar-refractivity contribution in [3.63, 3.8) is 0 Å². The average Bonchev–Trinajstić information content (AvgIpc) is 2.34. The lowest BCUT2D eigenvalue weighted by molar-refractivity contribution is -0.144. The van der Waals surface area contributed by atoms with Crippen molar-refractivity contribution >= 4 is 5.97 Å². The molecule has 0 amide bonds. The topological polar surface area (TPSA) is 49.8 Å². The van der Waals surface area contributed by atoms with Gasteiger partial charge in [-0.25, -0.2) is 0 Å². The van der Waals surface area contributed by atoms with Crippen molar-refractivity contribution < 1.29 is 14.6 Å². The van der Waals surface area contributed by atoms with E-state index < -0.39 is 6.10 Å². The highest BCUT2D eigenvalue weighted by Crippen LogP contribution is 2.23. The number of hydrogen-bond donors (Lipinski definition) is 1. The van der Waals surface area contributed by atoms with Gasteiger partial charge >= 0.3 is 5.97 Å². The molecular weight excluding hydrogens is 230 g/mol. The number of esters is 1. The number of hydrogen-bond acceptors (Lipinski definition) is 4. The van der Waals surface area contributed by atoms with E-state index in [-0.39, 0.29) is 18.3 Å². The van der Waals surface area contributed by atoms with Gasteiger partial charge in [0, 0.05) is 25.6 Å². The molecule has 0 radical (unpaired) electrons. The van der Waals surface area contributed by atoms with Crippen LogP contribution in [0.15, 0.2) is 30.3 Å². The van der Waals surface area contributed by atoms with E-state index in [1.807, 2.05) is 18.2 Å². The number of nitrogens with zero attached hydrogens (tertiary/aromatic N) is 1. The molecule has 18 heavy (non-hydrogen) atoms. The van der Waals surface area contributed by atoms with E-state index in [2.05, 4.69) is 21.8 Å². The van der Waals surface area contributed by atoms with Gasteiger partial charge in [0.15, 0.2) is 0 Å². The first-order valence-corrected chi connectivity index (χ1v) is 6.20. The summed E-state index contributed by atoms with van der Waals surface area (Å²) in [5, 5.41) is 9.83. The Hall–Kier alpha value is -1.39. The molecule has 0 aliphatic carbocycles. The number of ether oxygens (including phenoxy) is 1. The standard InChI is InChI=1S/C14H19NO3/c1-18-14(17)7-13(16)12-9-15(10-12)8-11-5-3-2-4-6-11/h2-6,12-13,16H,7-10H2,1H3/t13-/m1/s1. The molecule has 0 bridgehead atoms. The highest BCUT2D eigenvalue weighted by molar-refractivity contribution is 5.69. The minimum atomic E-state index is -0.579. The molecule has 0 spiro atoms. The molecule has 1 saturated heterocycles. The fourth-order valence-electron chi connectivity index (χ4n) is 2.24. The maximum atomic E-state index is 11.0. The van der Waals surface area contributed by atoms with Gasteiger partial charge in [-0.05, 0) is 5.56 Å². The summed E-state index contributed by atoms with van der Waals surface area (Å²) in [6.45, 7) is 2.59. The number of methoxy groups -OCH3 is 1. The molecule has 1 aromatic carbocycles. The fraction of sp³-hybridized carbons (Fsp3) is 0.500. The summed E-state index contributed by atoms with van der Waals surface area (Å²) in [4.78, 5) is 13.3. The van der Waals surface area contributed by atoms with E-state index in [9.17, 15) is 9.90 Å². The molecular formula is C14H19NO3. The van der Waals surface area contributed by atoms with Gasteiger partial charge < -0.3 is 9.84 Å². The van der Waals surface area contributed by atoms with Crippen LogP contribution in [-0.4, -0.2) is 42.3 Å². The minimum absolute atomic E-state index is 0.0976. The molecule has 1 heterocycles. The minimum Gasteiger partial charge on any atom is -0.469 e. The average molecular weight is 249 g/mol. The third-order valence-electron chi connectivity index (χ3n) is 3.38. The molecule has 4 nitrogen and oxygen atoms in total. The summed E-state index contributed by atoms with van der Waals surface area (Å²) in [6, 6.07) is 10.2. The van der Waals surface area contributed by atoms with Gasteiger partial charge in [-0.2, -0.15) is 0 Å². The Morgan fingerprint density at radius 2 is 2.11 bits per heavy atom. The van der Waals surface area contributed by atoms with Crippen LogP contribution in [0.1, 0.15) is 12.0 Å². The Labute approximate surface area is 107 Å². The van der Waals surface area contributed by atoms with Crippen molar-refractivity contribution in [1.82, 2.24) is 4.90 Å². The van der Waals surface area contributed by atoms with Crippen LogP contribution in [0.4, 0.5) is 0 Å². The largest absolute Gasteiger partial charge is 0.469 e. The van der Waals surface area contributed by atoms with Crippen molar-refractivity contribution in [2.75, 3.05) is 20.2 Å². The Morgan fingerprint density at radius 3 is 2.72 bits per heavy atom. The van der Waals surface area contributed by atoms with Crippen LogP contribution in [0.5, 0.6) is 0 Å². The van der Waals surface area contributed by atoms with Crippen LogP contribution < -0.4 is 0 Å². The normalized spacial score (nSPS) is 18.1. The summed E-state index contributed by atoms with van der Waals surface area (Å²) in [5.74, 6) is -0.156. The number of aliphatic hydroxyl groups is 1. The van der Waals surface area contributed by atoms with Crippen LogP contribution in [-0.2, 0) is 16.1 Å². The van der Waals surface area contributed by atoms with E-state index in [1.165, 1.54) is 12.7 Å². The zero-order valence-corrected chi connectivity index (χ0v) is 10.6. The van der Waals surface area contributed by atoms with Crippen LogP contribution >= 0.6 is 0 Å². The Bertz CT molecular complexity index is 387. The molecule has 1 aliphatic heterocycles. The van der Waals surface area contributed by atoms with Crippen molar-refractivity contribution in [3.05, 3.63) is 35.9 Å². The fourth-order valence-corrected chi connectivity index (χ4v) is 2.24. The maximum Gasteiger partial charge on any atom is 0.308 e. The molecule has 0 unspecified atom stereocenters. The first-order valence-electron chi connectivity index (χ1n) is 6.20. The number of carbonyl (C=O) groups is 1. The Balaban J connectivity index is 1.72. The van der Waals surface area contributed by atoms with E-state index >= 15 is 0 Å². The second-order valence-corrected chi connectivity index (χ2v) is 4.79. The molecule has 0 saturated carbocycles. The SMILES string of the molecule is COC(=O)C[C@@H](O)C1CN(Cc2ccccc2)C1. The number of aliphatic hydroxyl groups excluding tert-OH is 1. The molecule has 98 valence electrons. The summed E-state index contributed by atoms with van der Waals surface area (Å²) >= 11 is 0. The predicted molar refractivity (Wildman–Crippen MR) is 67.8 cm³/mol. The first kappa shape index (κ1) is 13.1. The monoisotopic (exact) mass is 249 g/mol. The number of rotatable bonds is 5. The smallest absolute Gasteiger partial charge is 0.308 e. The van der Waals surface area contributed by atoms with Gasteiger partial charge in [-0.1, -0.05) is 30.3 Å². The molecule has 2 rings (SSSR count). The third kappa shape index (κ3) is 3.31. The van der Waals surface area contributed by atoms with Crippen molar-refractivity contribution in [1.29, 1.82) is 0 Å². The van der Waals surface area contributed by atoms with Crippen molar-refractivity contribution in [2.24, 2.45) is 5.92 Å².